The standard InChI is InChI=1S/C18H32O2.C15H24O3.C14H20O4.C12H22O2.C10H16O2.6CH4/c1-7-18(5,6)16(19)20-15-10-12-8-13(15)9-14(12)11-17(2,3)4;1-9(2)14(16)18-13-7-10-5-11(13)6-12(10)8-15(3,4)17;1-4-14(2,3)13(16)18-10-7-5-8-9(6-7)12(15)17-11(8)10;1-5-11(2,3)10(13)14-12(4)8-6-7-9-12;1-8(2)9(11)12-10(3)6-4-5-7-10;;;;;;/h12-15H,7-11H2,1-6H3;10-13,17H,1,5-8H2,2-4H3;7-11H,4-6H2,1-3H3;5-9H2,1-4H3;1,4-7H2,2-3H3;6*1H4. The minimum Gasteiger partial charge on any atom is -0.462 e. The SMILES string of the molecule is C.C.C.C.C.C.C=C(C)C(=O)OC1(C)CCCC1.C=C(C)C(=O)OC1CC2CC1CC2CC(C)(C)O.CCC(C)(C)C(=O)OC1(C)CCCC1.CCC(C)(C)C(=O)OC1C2CC3C(=O)OC1C3C2.CCC(C)(C)C(=O)OC1CC2CC1CC2CC(C)(C)C. The molecule has 1 heterocycles. The maximum absolute atomic E-state index is 12.2. The number of aliphatic hydroxyl groups is 1. The predicted octanol–water partition coefficient (Wildman–Crippen LogP) is 19.0. The fraction of sp³-hybridized carbons (Fsp3) is 0.867. The van der Waals surface area contributed by atoms with Crippen LogP contribution >= 0.6 is 0 Å². The van der Waals surface area contributed by atoms with Crippen molar-refractivity contribution in [1.82, 2.24) is 0 Å². The molecule has 0 aromatic heterocycles. The van der Waals surface area contributed by atoms with Gasteiger partial charge in [0.25, 0.3) is 0 Å². The van der Waals surface area contributed by atoms with Crippen LogP contribution in [-0.4, -0.2) is 82.1 Å². The predicted molar refractivity (Wildman–Crippen MR) is 361 cm³/mol. The Morgan fingerprint density at radius 2 is 0.909 bits per heavy atom. The van der Waals surface area contributed by atoms with Crippen LogP contribution in [0.15, 0.2) is 24.3 Å². The van der Waals surface area contributed by atoms with Crippen LogP contribution in [0, 0.1) is 74.9 Å². The second kappa shape index (κ2) is 34.2. The summed E-state index contributed by atoms with van der Waals surface area (Å²) in [6.07, 6.45) is 21.9. The van der Waals surface area contributed by atoms with E-state index in [9.17, 15) is 33.9 Å². The molecule has 0 amide bonds. The summed E-state index contributed by atoms with van der Waals surface area (Å²) in [7, 11) is 0. The molecule has 516 valence electrons. The van der Waals surface area contributed by atoms with E-state index in [1.165, 1.54) is 44.9 Å². The Kier molecular flexibility index (Phi) is 33.6. The minimum atomic E-state index is -0.584. The molecular formula is C75H138O13. The maximum Gasteiger partial charge on any atom is 0.333 e. The van der Waals surface area contributed by atoms with E-state index < -0.39 is 11.0 Å². The van der Waals surface area contributed by atoms with E-state index in [1.807, 2.05) is 76.2 Å². The van der Waals surface area contributed by atoms with Gasteiger partial charge in [0.15, 0.2) is 0 Å². The van der Waals surface area contributed by atoms with E-state index >= 15 is 0 Å². The zero-order valence-corrected chi connectivity index (χ0v) is 54.6. The van der Waals surface area contributed by atoms with Gasteiger partial charge >= 0.3 is 35.8 Å². The summed E-state index contributed by atoms with van der Waals surface area (Å²) in [5.41, 5.74) is -0.694. The van der Waals surface area contributed by atoms with Gasteiger partial charge in [-0.2, -0.15) is 0 Å². The average Bonchev–Trinajstić information content (AvgIpc) is 1.62. The van der Waals surface area contributed by atoms with Gasteiger partial charge in [-0.15, -0.1) is 0 Å². The fourth-order valence-electron chi connectivity index (χ4n) is 14.3. The third-order valence-corrected chi connectivity index (χ3v) is 20.7. The summed E-state index contributed by atoms with van der Waals surface area (Å²) in [5, 5.41) is 9.89. The Hall–Kier alpha value is -3.74. The molecule has 1 aliphatic heterocycles. The first-order valence-electron chi connectivity index (χ1n) is 32.1. The quantitative estimate of drug-likeness (QED) is 0.0878. The zero-order chi connectivity index (χ0) is 61.7. The first-order valence-corrected chi connectivity index (χ1v) is 32.1. The molecule has 0 aromatic carbocycles. The first kappa shape index (κ1) is 86.3. The van der Waals surface area contributed by atoms with Crippen molar-refractivity contribution >= 4 is 35.8 Å². The molecular weight excluding hydrogens is 1110 g/mol. The van der Waals surface area contributed by atoms with Crippen molar-refractivity contribution in [2.24, 2.45) is 74.9 Å². The molecule has 8 aliphatic carbocycles. The van der Waals surface area contributed by atoms with E-state index in [-0.39, 0.29) is 133 Å². The fourth-order valence-corrected chi connectivity index (χ4v) is 14.3. The number of rotatable bonds is 16. The Bertz CT molecular complexity index is 2250. The normalized spacial score (nSPS) is 29.2. The molecule has 0 radical (unpaired) electrons. The van der Waals surface area contributed by atoms with Gasteiger partial charge in [0.2, 0.25) is 0 Å². The molecule has 1 saturated heterocycles. The molecule has 9 rings (SSSR count). The highest BCUT2D eigenvalue weighted by atomic mass is 16.6. The number of fused-ring (bicyclic) bond motifs is 5. The van der Waals surface area contributed by atoms with Gasteiger partial charge in [0.1, 0.15) is 35.6 Å². The minimum absolute atomic E-state index is 0. The third-order valence-electron chi connectivity index (χ3n) is 20.7. The molecule has 6 bridgehead atoms. The van der Waals surface area contributed by atoms with E-state index in [4.69, 9.17) is 28.4 Å². The number of hydrogen-bond donors (Lipinski definition) is 1. The summed E-state index contributed by atoms with van der Waals surface area (Å²) < 4.78 is 33.3. The monoisotopic (exact) mass is 1250 g/mol. The average molecular weight is 1250 g/mol. The maximum atomic E-state index is 12.2. The van der Waals surface area contributed by atoms with Gasteiger partial charge in [-0.05, 0) is 259 Å². The summed E-state index contributed by atoms with van der Waals surface area (Å²) in [6, 6.07) is 0. The molecule has 13 nitrogen and oxygen atoms in total. The Morgan fingerprint density at radius 1 is 0.511 bits per heavy atom. The van der Waals surface area contributed by atoms with Crippen LogP contribution in [0.5, 0.6) is 0 Å². The first-order chi connectivity index (χ1) is 37.7. The van der Waals surface area contributed by atoms with Crippen LogP contribution in [0.2, 0.25) is 0 Å². The zero-order valence-electron chi connectivity index (χ0n) is 54.6. The molecule has 9 aliphatic rings. The van der Waals surface area contributed by atoms with Crippen LogP contribution < -0.4 is 0 Å². The highest BCUT2D eigenvalue weighted by Gasteiger charge is 2.63. The lowest BCUT2D eigenvalue weighted by Gasteiger charge is -2.33. The number of carbonyl (C=O) groups is 6. The number of carbonyl (C=O) groups excluding carboxylic acids is 6. The smallest absolute Gasteiger partial charge is 0.333 e. The van der Waals surface area contributed by atoms with Crippen molar-refractivity contribution in [3.05, 3.63) is 24.3 Å². The van der Waals surface area contributed by atoms with Crippen LogP contribution in [0.1, 0.15) is 304 Å². The van der Waals surface area contributed by atoms with Crippen molar-refractivity contribution in [2.75, 3.05) is 0 Å². The van der Waals surface area contributed by atoms with Crippen LogP contribution in [0.25, 0.3) is 0 Å². The second-order valence-corrected chi connectivity index (χ2v) is 31.3. The van der Waals surface area contributed by atoms with Gasteiger partial charge in [-0.1, -0.05) is 99.3 Å². The molecule has 88 heavy (non-hydrogen) atoms. The lowest BCUT2D eigenvalue weighted by Crippen LogP contribution is -2.39. The van der Waals surface area contributed by atoms with Gasteiger partial charge < -0.3 is 33.5 Å². The molecule has 1 N–H and O–H groups in total. The highest BCUT2D eigenvalue weighted by molar-refractivity contribution is 5.87. The Morgan fingerprint density at radius 3 is 1.30 bits per heavy atom. The summed E-state index contributed by atoms with van der Waals surface area (Å²) in [4.78, 5) is 70.5. The lowest BCUT2D eigenvalue weighted by molar-refractivity contribution is -0.170. The number of hydrogen-bond acceptors (Lipinski definition) is 13. The van der Waals surface area contributed by atoms with Gasteiger partial charge in [-0.25, -0.2) is 9.59 Å². The molecule has 13 unspecified atom stereocenters. The van der Waals surface area contributed by atoms with Gasteiger partial charge in [0.05, 0.1) is 27.8 Å². The van der Waals surface area contributed by atoms with Crippen LogP contribution in [0.4, 0.5) is 0 Å². The lowest BCUT2D eigenvalue weighted by atomic mass is 9.76. The topological polar surface area (TPSA) is 178 Å². The molecule has 13 atom stereocenters. The summed E-state index contributed by atoms with van der Waals surface area (Å²) in [6.45, 7) is 43.1. The Balaban J connectivity index is 0. The largest absolute Gasteiger partial charge is 0.462 e. The van der Waals surface area contributed by atoms with Gasteiger partial charge in [0, 0.05) is 23.0 Å². The Labute approximate surface area is 540 Å². The van der Waals surface area contributed by atoms with Gasteiger partial charge in [-0.3, -0.25) is 19.2 Å². The van der Waals surface area contributed by atoms with Crippen LogP contribution in [0.3, 0.4) is 0 Å². The molecule has 0 spiro atoms. The van der Waals surface area contributed by atoms with E-state index in [2.05, 4.69) is 47.8 Å². The summed E-state index contributed by atoms with van der Waals surface area (Å²) in [5.74, 6) is 3.89. The highest BCUT2D eigenvalue weighted by Crippen LogP contribution is 2.57. The molecule has 8 saturated carbocycles. The van der Waals surface area contributed by atoms with Crippen molar-refractivity contribution in [3.63, 3.8) is 0 Å². The van der Waals surface area contributed by atoms with Crippen molar-refractivity contribution in [1.29, 1.82) is 0 Å². The van der Waals surface area contributed by atoms with Crippen LogP contribution in [-0.2, 0) is 57.2 Å². The third kappa shape index (κ3) is 23.1. The summed E-state index contributed by atoms with van der Waals surface area (Å²) >= 11 is 0. The number of esters is 6. The number of ether oxygens (including phenoxy) is 6. The second-order valence-electron chi connectivity index (χ2n) is 31.3. The molecule has 0 aromatic rings. The van der Waals surface area contributed by atoms with E-state index in [1.54, 1.807) is 13.8 Å². The van der Waals surface area contributed by atoms with E-state index in [0.29, 0.717) is 52.1 Å². The van der Waals surface area contributed by atoms with Crippen molar-refractivity contribution in [3.8, 4) is 0 Å². The molecule has 9 fully saturated rings. The van der Waals surface area contributed by atoms with Crippen molar-refractivity contribution in [2.45, 2.75) is 345 Å². The molecule has 13 heteroatoms. The van der Waals surface area contributed by atoms with E-state index in [0.717, 1.165) is 102 Å². The van der Waals surface area contributed by atoms with Crippen molar-refractivity contribution < 1.29 is 62.3 Å².